The lowest BCUT2D eigenvalue weighted by atomic mass is 9.93. The normalized spacial score (nSPS) is 42.2. The molecule has 2 heteroatoms. The minimum absolute atomic E-state index is 0.804. The van der Waals surface area contributed by atoms with Crippen molar-refractivity contribution in [1.29, 1.82) is 0 Å². The number of hydrogen-bond acceptors (Lipinski definition) is 1. The van der Waals surface area contributed by atoms with Crippen molar-refractivity contribution in [2.75, 3.05) is 13.2 Å². The van der Waals surface area contributed by atoms with Crippen molar-refractivity contribution >= 4 is 15.9 Å². The highest BCUT2D eigenvalue weighted by atomic mass is 79.9. The second-order valence-corrected chi connectivity index (χ2v) is 5.35. The Bertz CT molecular complexity index is 143. The Morgan fingerprint density at radius 1 is 1.25 bits per heavy atom. The first kappa shape index (κ1) is 9.01. The van der Waals surface area contributed by atoms with Crippen LogP contribution in [0.4, 0.5) is 0 Å². The fourth-order valence-corrected chi connectivity index (χ4v) is 3.26. The lowest BCUT2D eigenvalue weighted by Crippen LogP contribution is -2.12. The maximum absolute atomic E-state index is 5.39. The van der Waals surface area contributed by atoms with Gasteiger partial charge in [-0.3, -0.25) is 0 Å². The zero-order valence-electron chi connectivity index (χ0n) is 7.47. The summed E-state index contributed by atoms with van der Waals surface area (Å²) in [6.07, 6.45) is 6.95. The monoisotopic (exact) mass is 232 g/mol. The van der Waals surface area contributed by atoms with Crippen molar-refractivity contribution in [3.05, 3.63) is 0 Å². The smallest absolute Gasteiger partial charge is 0.0495 e. The van der Waals surface area contributed by atoms with Gasteiger partial charge in [-0.25, -0.2) is 0 Å². The number of hydrogen-bond donors (Lipinski definition) is 0. The van der Waals surface area contributed by atoms with Crippen LogP contribution >= 0.6 is 15.9 Å². The predicted octanol–water partition coefficient (Wildman–Crippen LogP) is 2.98. The molecule has 1 nitrogen and oxygen atoms in total. The average Bonchev–Trinajstić information content (AvgIpc) is 2.65. The molecule has 0 amide bonds. The number of halogens is 1. The fourth-order valence-electron chi connectivity index (χ4n) is 2.45. The fraction of sp³-hybridized carbons (Fsp3) is 1.00. The summed E-state index contributed by atoms with van der Waals surface area (Å²) < 4.78 is 5.39. The highest BCUT2D eigenvalue weighted by Crippen LogP contribution is 2.37. The third-order valence-corrected chi connectivity index (χ3v) is 4.43. The Balaban J connectivity index is 1.77. The highest BCUT2D eigenvalue weighted by molar-refractivity contribution is 9.09. The van der Waals surface area contributed by atoms with Gasteiger partial charge < -0.3 is 4.74 Å². The van der Waals surface area contributed by atoms with E-state index in [0.29, 0.717) is 0 Å². The van der Waals surface area contributed by atoms with Gasteiger partial charge in [0.25, 0.3) is 0 Å². The van der Waals surface area contributed by atoms with Crippen LogP contribution in [0.25, 0.3) is 0 Å². The largest absolute Gasteiger partial charge is 0.381 e. The van der Waals surface area contributed by atoms with Crippen molar-refractivity contribution < 1.29 is 4.74 Å². The average molecular weight is 233 g/mol. The molecule has 0 aromatic carbocycles. The molecule has 2 rings (SSSR count). The Morgan fingerprint density at radius 2 is 2.17 bits per heavy atom. The van der Waals surface area contributed by atoms with Crippen LogP contribution in [-0.4, -0.2) is 18.0 Å². The standard InChI is InChI=1S/C10H17BrO/c11-10-3-1-2-9(10)6-8-4-5-12-7-8/h8-10H,1-7H2. The minimum atomic E-state index is 0.804. The third kappa shape index (κ3) is 2.02. The molecule has 1 aliphatic carbocycles. The molecule has 0 aromatic heterocycles. The van der Waals surface area contributed by atoms with E-state index in [1.54, 1.807) is 0 Å². The van der Waals surface area contributed by atoms with Gasteiger partial charge in [-0.15, -0.1) is 0 Å². The minimum Gasteiger partial charge on any atom is -0.381 e. The first-order chi connectivity index (χ1) is 5.86. The first-order valence-corrected chi connectivity index (χ1v) is 5.99. The molecule has 0 bridgehead atoms. The summed E-state index contributed by atoms with van der Waals surface area (Å²) in [6.45, 7) is 2.03. The zero-order chi connectivity index (χ0) is 8.39. The van der Waals surface area contributed by atoms with Gasteiger partial charge >= 0.3 is 0 Å². The van der Waals surface area contributed by atoms with Gasteiger partial charge in [0, 0.05) is 18.0 Å². The molecule has 70 valence electrons. The van der Waals surface area contributed by atoms with Crippen LogP contribution in [0.5, 0.6) is 0 Å². The Hall–Kier alpha value is 0.440. The van der Waals surface area contributed by atoms with Crippen LogP contribution in [0, 0.1) is 11.8 Å². The van der Waals surface area contributed by atoms with E-state index >= 15 is 0 Å². The Labute approximate surface area is 83.0 Å². The second kappa shape index (κ2) is 4.10. The van der Waals surface area contributed by atoms with Gasteiger partial charge in [0.1, 0.15) is 0 Å². The van der Waals surface area contributed by atoms with E-state index in [-0.39, 0.29) is 0 Å². The summed E-state index contributed by atoms with van der Waals surface area (Å²) in [5.41, 5.74) is 0. The van der Waals surface area contributed by atoms with Crippen LogP contribution in [0.3, 0.4) is 0 Å². The summed E-state index contributed by atoms with van der Waals surface area (Å²) in [7, 11) is 0. The summed E-state index contributed by atoms with van der Waals surface area (Å²) in [4.78, 5) is 0.804. The van der Waals surface area contributed by atoms with Gasteiger partial charge in [-0.2, -0.15) is 0 Å². The Morgan fingerprint density at radius 3 is 2.75 bits per heavy atom. The molecule has 0 radical (unpaired) electrons. The molecule has 1 aliphatic heterocycles. The molecule has 1 heterocycles. The maximum Gasteiger partial charge on any atom is 0.0495 e. The number of alkyl halides is 1. The van der Waals surface area contributed by atoms with Crippen molar-refractivity contribution in [2.45, 2.75) is 36.9 Å². The van der Waals surface area contributed by atoms with Crippen LogP contribution in [0.15, 0.2) is 0 Å². The second-order valence-electron chi connectivity index (χ2n) is 4.17. The van der Waals surface area contributed by atoms with Crippen LogP contribution in [0.2, 0.25) is 0 Å². The lowest BCUT2D eigenvalue weighted by molar-refractivity contribution is 0.180. The summed E-state index contributed by atoms with van der Waals surface area (Å²) in [5, 5.41) is 0. The quantitative estimate of drug-likeness (QED) is 0.666. The highest BCUT2D eigenvalue weighted by Gasteiger charge is 2.28. The molecule has 0 aromatic rings. The van der Waals surface area contributed by atoms with Crippen LogP contribution in [-0.2, 0) is 4.74 Å². The molecule has 1 saturated carbocycles. The Kier molecular flexibility index (Phi) is 3.08. The van der Waals surface area contributed by atoms with E-state index in [1.807, 2.05) is 0 Å². The van der Waals surface area contributed by atoms with E-state index < -0.39 is 0 Å². The molecule has 12 heavy (non-hydrogen) atoms. The predicted molar refractivity (Wildman–Crippen MR) is 53.6 cm³/mol. The van der Waals surface area contributed by atoms with Crippen molar-refractivity contribution in [3.63, 3.8) is 0 Å². The molecule has 3 atom stereocenters. The molecule has 2 aliphatic rings. The van der Waals surface area contributed by atoms with Crippen molar-refractivity contribution in [2.24, 2.45) is 11.8 Å². The summed E-state index contributed by atoms with van der Waals surface area (Å²) in [6, 6.07) is 0. The van der Waals surface area contributed by atoms with Crippen LogP contribution in [0.1, 0.15) is 32.1 Å². The third-order valence-electron chi connectivity index (χ3n) is 3.23. The zero-order valence-corrected chi connectivity index (χ0v) is 9.05. The number of ether oxygens (including phenoxy) is 1. The van der Waals surface area contributed by atoms with Gasteiger partial charge in [0.05, 0.1) is 0 Å². The van der Waals surface area contributed by atoms with E-state index in [1.165, 1.54) is 32.1 Å². The number of rotatable bonds is 2. The molecular weight excluding hydrogens is 216 g/mol. The SMILES string of the molecule is BrC1CCCC1CC1CCOC1. The lowest BCUT2D eigenvalue weighted by Gasteiger charge is -2.17. The molecular formula is C10H17BrO. The topological polar surface area (TPSA) is 9.23 Å². The van der Waals surface area contributed by atoms with E-state index in [2.05, 4.69) is 15.9 Å². The van der Waals surface area contributed by atoms with Crippen molar-refractivity contribution in [3.8, 4) is 0 Å². The van der Waals surface area contributed by atoms with Gasteiger partial charge in [0.2, 0.25) is 0 Å². The van der Waals surface area contributed by atoms with E-state index in [4.69, 9.17) is 4.74 Å². The van der Waals surface area contributed by atoms with Crippen LogP contribution < -0.4 is 0 Å². The molecule has 0 spiro atoms. The van der Waals surface area contributed by atoms with E-state index in [9.17, 15) is 0 Å². The molecule has 3 unspecified atom stereocenters. The summed E-state index contributed by atoms with van der Waals surface area (Å²) >= 11 is 3.77. The first-order valence-electron chi connectivity index (χ1n) is 5.08. The summed E-state index contributed by atoms with van der Waals surface area (Å²) in [5.74, 6) is 1.81. The van der Waals surface area contributed by atoms with Gasteiger partial charge in [-0.05, 0) is 37.5 Å². The van der Waals surface area contributed by atoms with Gasteiger partial charge in [0.15, 0.2) is 0 Å². The van der Waals surface area contributed by atoms with E-state index in [0.717, 1.165) is 29.9 Å². The maximum atomic E-state index is 5.39. The molecule has 0 N–H and O–H groups in total. The molecule has 1 saturated heterocycles. The molecule has 2 fully saturated rings. The van der Waals surface area contributed by atoms with Gasteiger partial charge in [-0.1, -0.05) is 22.4 Å². The van der Waals surface area contributed by atoms with Crippen molar-refractivity contribution in [1.82, 2.24) is 0 Å².